The number of fused-ring (bicyclic) bond motifs is 1. The fourth-order valence-electron chi connectivity index (χ4n) is 6.45. The van der Waals surface area contributed by atoms with E-state index >= 15 is 0 Å². The largest absolute Gasteiger partial charge is 0.508 e. The summed E-state index contributed by atoms with van der Waals surface area (Å²) in [4.78, 5) is 15.4. The molecule has 2 fully saturated rings. The first kappa shape index (κ1) is 20.5. The summed E-state index contributed by atoms with van der Waals surface area (Å²) >= 11 is 0. The molecule has 6 rings (SSSR count). The molecule has 1 spiro atoms. The number of anilines is 1. The van der Waals surface area contributed by atoms with Gasteiger partial charge < -0.3 is 14.8 Å². The number of carbonyl (C=O) groups excluding carboxylic acids is 1. The first-order chi connectivity index (χ1) is 16.1. The quantitative estimate of drug-likeness (QED) is 0.593. The van der Waals surface area contributed by atoms with E-state index in [0.717, 1.165) is 45.3 Å². The van der Waals surface area contributed by atoms with E-state index in [2.05, 4.69) is 70.5 Å². The zero-order valence-corrected chi connectivity index (χ0v) is 18.9. The monoisotopic (exact) mass is 438 g/mol. The standard InChI is InChI=1S/C29H30N2O2/c32-15-14-30-17-29(18-30)19-31(20-29)24-9-6-22(7-10-24)28-26(21-4-2-1-3-5-21)12-8-23-16-25(33)11-13-27(23)28/h1-7,9-11,13,15-16,26,28,33H,8,12,14,17-20H2/t26-,28+/m1/s1. The molecule has 168 valence electrons. The third-order valence-corrected chi connectivity index (χ3v) is 7.94. The summed E-state index contributed by atoms with van der Waals surface area (Å²) in [6.07, 6.45) is 3.09. The summed E-state index contributed by atoms with van der Waals surface area (Å²) in [5.41, 5.74) is 7.02. The van der Waals surface area contributed by atoms with E-state index in [-0.39, 0.29) is 5.92 Å². The van der Waals surface area contributed by atoms with Crippen molar-refractivity contribution >= 4 is 12.0 Å². The Morgan fingerprint density at radius 2 is 1.67 bits per heavy atom. The molecule has 3 aromatic carbocycles. The molecule has 0 saturated carbocycles. The van der Waals surface area contributed by atoms with Gasteiger partial charge in [-0.05, 0) is 65.3 Å². The lowest BCUT2D eigenvalue weighted by atomic mass is 9.69. The molecular weight excluding hydrogens is 408 g/mol. The molecule has 0 amide bonds. The number of benzene rings is 3. The first-order valence-corrected chi connectivity index (χ1v) is 12.0. The van der Waals surface area contributed by atoms with Crippen molar-refractivity contribution in [2.24, 2.45) is 5.41 Å². The number of nitrogens with zero attached hydrogens (tertiary/aromatic N) is 2. The average molecular weight is 439 g/mol. The van der Waals surface area contributed by atoms with Crippen LogP contribution >= 0.6 is 0 Å². The van der Waals surface area contributed by atoms with Crippen molar-refractivity contribution in [1.82, 2.24) is 4.90 Å². The van der Waals surface area contributed by atoms with Gasteiger partial charge in [0, 0.05) is 43.2 Å². The Labute approximate surface area is 195 Å². The van der Waals surface area contributed by atoms with E-state index in [1.807, 2.05) is 12.1 Å². The van der Waals surface area contributed by atoms with Crippen molar-refractivity contribution in [3.05, 3.63) is 95.1 Å². The van der Waals surface area contributed by atoms with Crippen molar-refractivity contribution in [3.63, 3.8) is 0 Å². The molecule has 3 aromatic rings. The summed E-state index contributed by atoms with van der Waals surface area (Å²) in [6.45, 7) is 4.83. The topological polar surface area (TPSA) is 43.8 Å². The van der Waals surface area contributed by atoms with Gasteiger partial charge in [0.05, 0.1) is 6.54 Å². The van der Waals surface area contributed by atoms with E-state index in [4.69, 9.17) is 0 Å². The first-order valence-electron chi connectivity index (χ1n) is 12.0. The van der Waals surface area contributed by atoms with Crippen molar-refractivity contribution in [2.45, 2.75) is 24.7 Å². The van der Waals surface area contributed by atoms with Gasteiger partial charge in [-0.15, -0.1) is 0 Å². The minimum Gasteiger partial charge on any atom is -0.508 e. The highest BCUT2D eigenvalue weighted by atomic mass is 16.3. The Morgan fingerprint density at radius 1 is 0.909 bits per heavy atom. The lowest BCUT2D eigenvalue weighted by Gasteiger charge is -2.60. The fraction of sp³-hybridized carbons (Fsp3) is 0.345. The molecular formula is C29H30N2O2. The van der Waals surface area contributed by atoms with Gasteiger partial charge >= 0.3 is 0 Å². The van der Waals surface area contributed by atoms with Gasteiger partial charge in [-0.25, -0.2) is 0 Å². The Hall–Kier alpha value is -3.11. The number of aldehydes is 1. The Morgan fingerprint density at radius 3 is 2.39 bits per heavy atom. The third kappa shape index (κ3) is 3.63. The highest BCUT2D eigenvalue weighted by Gasteiger charge is 2.51. The van der Waals surface area contributed by atoms with Crippen LogP contribution in [0.25, 0.3) is 0 Å². The van der Waals surface area contributed by atoms with Gasteiger partial charge in [-0.3, -0.25) is 4.90 Å². The number of carbonyl (C=O) groups is 1. The zero-order valence-electron chi connectivity index (χ0n) is 18.9. The molecule has 0 radical (unpaired) electrons. The van der Waals surface area contributed by atoms with Crippen LogP contribution in [0.15, 0.2) is 72.8 Å². The summed E-state index contributed by atoms with van der Waals surface area (Å²) in [6, 6.07) is 25.9. The van der Waals surface area contributed by atoms with E-state index in [0.29, 0.717) is 23.6 Å². The molecule has 0 unspecified atom stereocenters. The van der Waals surface area contributed by atoms with Crippen molar-refractivity contribution in [3.8, 4) is 5.75 Å². The number of likely N-dealkylation sites (tertiary alicyclic amines) is 1. The van der Waals surface area contributed by atoms with Crippen LogP contribution in [-0.2, 0) is 11.2 Å². The zero-order chi connectivity index (χ0) is 22.4. The van der Waals surface area contributed by atoms with Gasteiger partial charge in [-0.1, -0.05) is 48.5 Å². The fourth-order valence-corrected chi connectivity index (χ4v) is 6.45. The Balaban J connectivity index is 1.25. The van der Waals surface area contributed by atoms with E-state index < -0.39 is 0 Å². The molecule has 2 heterocycles. The SMILES string of the molecule is O=CCN1CC2(C1)CN(c1ccc([C@@H]3c4ccc(O)cc4CC[C@@H]3c3ccccc3)cc1)C2. The molecule has 2 saturated heterocycles. The molecule has 2 atom stereocenters. The van der Waals surface area contributed by atoms with Crippen LogP contribution in [0.1, 0.15) is 40.5 Å². The van der Waals surface area contributed by atoms with Gasteiger partial charge in [0.1, 0.15) is 12.0 Å². The number of hydrogen-bond acceptors (Lipinski definition) is 4. The van der Waals surface area contributed by atoms with Crippen LogP contribution in [0.2, 0.25) is 0 Å². The average Bonchev–Trinajstić information content (AvgIpc) is 2.80. The number of aryl methyl sites for hydroxylation is 1. The summed E-state index contributed by atoms with van der Waals surface area (Å²) < 4.78 is 0. The number of phenols is 1. The maximum Gasteiger partial charge on any atom is 0.133 e. The molecule has 3 aliphatic rings. The van der Waals surface area contributed by atoms with Crippen molar-refractivity contribution in [1.29, 1.82) is 0 Å². The molecule has 4 nitrogen and oxygen atoms in total. The highest BCUT2D eigenvalue weighted by Crippen LogP contribution is 2.48. The molecule has 33 heavy (non-hydrogen) atoms. The Bertz CT molecular complexity index is 1140. The number of phenolic OH excluding ortho intramolecular Hbond substituents is 1. The number of rotatable bonds is 5. The summed E-state index contributed by atoms with van der Waals surface area (Å²) in [5.74, 6) is 1.08. The van der Waals surface area contributed by atoms with Crippen LogP contribution < -0.4 is 4.90 Å². The predicted molar refractivity (Wildman–Crippen MR) is 131 cm³/mol. The number of hydrogen-bond donors (Lipinski definition) is 1. The molecule has 1 aliphatic carbocycles. The van der Waals surface area contributed by atoms with E-state index in [9.17, 15) is 9.90 Å². The minimum absolute atomic E-state index is 0.289. The van der Waals surface area contributed by atoms with E-state index in [1.165, 1.54) is 27.9 Å². The maximum absolute atomic E-state index is 10.7. The Kier molecular flexibility index (Phi) is 4.99. The summed E-state index contributed by atoms with van der Waals surface area (Å²) in [7, 11) is 0. The van der Waals surface area contributed by atoms with Gasteiger partial charge in [0.15, 0.2) is 0 Å². The van der Waals surface area contributed by atoms with Crippen LogP contribution in [-0.4, -0.2) is 49.0 Å². The molecule has 0 bridgehead atoms. The van der Waals surface area contributed by atoms with Crippen molar-refractivity contribution < 1.29 is 9.90 Å². The second-order valence-electron chi connectivity index (χ2n) is 10.2. The lowest BCUT2D eigenvalue weighted by Crippen LogP contribution is -2.72. The van der Waals surface area contributed by atoms with Crippen LogP contribution in [0.5, 0.6) is 5.75 Å². The molecule has 2 aliphatic heterocycles. The van der Waals surface area contributed by atoms with Gasteiger partial charge in [0.25, 0.3) is 0 Å². The maximum atomic E-state index is 10.7. The highest BCUT2D eigenvalue weighted by molar-refractivity contribution is 5.56. The second-order valence-corrected chi connectivity index (χ2v) is 10.2. The van der Waals surface area contributed by atoms with E-state index in [1.54, 1.807) is 0 Å². The van der Waals surface area contributed by atoms with Crippen molar-refractivity contribution in [2.75, 3.05) is 37.6 Å². The van der Waals surface area contributed by atoms with Crippen LogP contribution in [0.3, 0.4) is 0 Å². The normalized spacial score (nSPS) is 23.5. The van der Waals surface area contributed by atoms with Gasteiger partial charge in [-0.2, -0.15) is 0 Å². The smallest absolute Gasteiger partial charge is 0.133 e. The lowest BCUT2D eigenvalue weighted by molar-refractivity contribution is -0.112. The third-order valence-electron chi connectivity index (χ3n) is 7.94. The van der Waals surface area contributed by atoms with Gasteiger partial charge in [0.2, 0.25) is 0 Å². The van der Waals surface area contributed by atoms with Crippen LogP contribution in [0, 0.1) is 5.41 Å². The van der Waals surface area contributed by atoms with Crippen LogP contribution in [0.4, 0.5) is 5.69 Å². The second kappa shape index (κ2) is 8.03. The molecule has 0 aromatic heterocycles. The minimum atomic E-state index is 0.289. The summed E-state index contributed by atoms with van der Waals surface area (Å²) in [5, 5.41) is 10.0. The predicted octanol–water partition coefficient (Wildman–Crippen LogP) is 4.58. The number of aromatic hydroxyl groups is 1. The molecule has 4 heteroatoms. The molecule has 1 N–H and O–H groups in total.